The standard InChI is InChI=1S/C25H28ClN7O5/c1-25(2,3)38-24(37)31-11-15(12-31)32(13-20(34)29-19-10-6-9-18(26)28-19)21(35)14-33-17-8-5-4-7-16(17)22(30-33)23(27)36/h4-10,15H,11-14H2,1-3H3,(H2,27,36)(H,28,29,34). The molecule has 1 aliphatic heterocycles. The van der Waals surface area contributed by atoms with Gasteiger partial charge in [0.2, 0.25) is 11.8 Å². The molecule has 0 saturated carbocycles. The molecule has 13 heteroatoms. The van der Waals surface area contributed by atoms with Gasteiger partial charge in [-0.1, -0.05) is 35.9 Å². The van der Waals surface area contributed by atoms with Crippen LogP contribution in [0.15, 0.2) is 42.5 Å². The highest BCUT2D eigenvalue weighted by Gasteiger charge is 2.40. The fourth-order valence-electron chi connectivity index (χ4n) is 4.01. The van der Waals surface area contributed by atoms with Crippen LogP contribution in [0.1, 0.15) is 31.3 Å². The first-order chi connectivity index (χ1) is 17.9. The average Bonchev–Trinajstić information content (AvgIpc) is 3.15. The number of nitrogens with one attached hydrogen (secondary N) is 1. The Kier molecular flexibility index (Phi) is 7.53. The minimum atomic E-state index is -0.718. The molecule has 200 valence electrons. The third-order valence-electron chi connectivity index (χ3n) is 5.75. The Bertz CT molecular complexity index is 1390. The van der Waals surface area contributed by atoms with Gasteiger partial charge in [0.1, 0.15) is 29.7 Å². The molecule has 38 heavy (non-hydrogen) atoms. The Morgan fingerprint density at radius 1 is 1.13 bits per heavy atom. The fraction of sp³-hybridized carbons (Fsp3) is 0.360. The largest absolute Gasteiger partial charge is 0.444 e. The van der Waals surface area contributed by atoms with Crippen LogP contribution in [0.25, 0.3) is 10.9 Å². The molecule has 1 aliphatic rings. The van der Waals surface area contributed by atoms with Gasteiger partial charge >= 0.3 is 6.09 Å². The lowest BCUT2D eigenvalue weighted by Gasteiger charge is -2.45. The molecule has 1 aromatic carbocycles. The number of nitrogens with zero attached hydrogens (tertiary/aromatic N) is 5. The lowest BCUT2D eigenvalue weighted by atomic mass is 10.1. The number of anilines is 1. The van der Waals surface area contributed by atoms with Crippen LogP contribution >= 0.6 is 11.6 Å². The van der Waals surface area contributed by atoms with Gasteiger partial charge in [0.15, 0.2) is 5.69 Å². The average molecular weight is 542 g/mol. The van der Waals surface area contributed by atoms with Crippen molar-refractivity contribution < 1.29 is 23.9 Å². The number of benzene rings is 1. The van der Waals surface area contributed by atoms with E-state index in [0.29, 0.717) is 10.9 Å². The number of carbonyl (C=O) groups excluding carboxylic acids is 4. The van der Waals surface area contributed by atoms with Crippen LogP contribution in [0.2, 0.25) is 5.15 Å². The minimum absolute atomic E-state index is 0.0458. The van der Waals surface area contributed by atoms with Gasteiger partial charge < -0.3 is 25.6 Å². The van der Waals surface area contributed by atoms with Crippen molar-refractivity contribution in [2.45, 2.75) is 39.0 Å². The molecule has 12 nitrogen and oxygen atoms in total. The number of amides is 4. The van der Waals surface area contributed by atoms with Crippen molar-refractivity contribution in [3.05, 3.63) is 53.3 Å². The van der Waals surface area contributed by atoms with E-state index in [2.05, 4.69) is 15.4 Å². The third kappa shape index (κ3) is 6.20. The van der Waals surface area contributed by atoms with Crippen LogP contribution in [0.4, 0.5) is 10.6 Å². The van der Waals surface area contributed by atoms with E-state index in [-0.39, 0.29) is 42.8 Å². The maximum absolute atomic E-state index is 13.5. The predicted octanol–water partition coefficient (Wildman–Crippen LogP) is 2.27. The van der Waals surface area contributed by atoms with Gasteiger partial charge in [0, 0.05) is 18.5 Å². The molecule has 0 radical (unpaired) electrons. The lowest BCUT2D eigenvalue weighted by Crippen LogP contribution is -2.64. The highest BCUT2D eigenvalue weighted by Crippen LogP contribution is 2.22. The molecular formula is C25H28ClN7O5. The Balaban J connectivity index is 1.53. The molecule has 0 unspecified atom stereocenters. The second-order valence-corrected chi connectivity index (χ2v) is 10.2. The number of fused-ring (bicyclic) bond motifs is 1. The summed E-state index contributed by atoms with van der Waals surface area (Å²) in [5.74, 6) is -1.41. The number of hydrogen-bond acceptors (Lipinski definition) is 7. The topological polar surface area (TPSA) is 153 Å². The summed E-state index contributed by atoms with van der Waals surface area (Å²) < 4.78 is 6.78. The molecule has 3 N–H and O–H groups in total. The molecule has 3 aromatic rings. The van der Waals surface area contributed by atoms with Crippen molar-refractivity contribution in [1.82, 2.24) is 24.6 Å². The number of aromatic nitrogens is 3. The van der Waals surface area contributed by atoms with Crippen LogP contribution in [0, 0.1) is 0 Å². The second kappa shape index (κ2) is 10.7. The number of likely N-dealkylation sites (tertiary alicyclic amines) is 1. The molecular weight excluding hydrogens is 514 g/mol. The summed E-state index contributed by atoms with van der Waals surface area (Å²) in [7, 11) is 0. The van der Waals surface area contributed by atoms with E-state index in [0.717, 1.165) is 0 Å². The lowest BCUT2D eigenvalue weighted by molar-refractivity contribution is -0.141. The van der Waals surface area contributed by atoms with Gasteiger partial charge in [0.05, 0.1) is 11.6 Å². The number of para-hydroxylation sites is 1. The normalized spacial score (nSPS) is 13.6. The van der Waals surface area contributed by atoms with Gasteiger partial charge in [-0.2, -0.15) is 5.10 Å². The molecule has 0 spiro atoms. The van der Waals surface area contributed by atoms with E-state index in [4.69, 9.17) is 22.1 Å². The van der Waals surface area contributed by atoms with Crippen molar-refractivity contribution in [2.75, 3.05) is 25.0 Å². The van der Waals surface area contributed by atoms with Crippen LogP contribution in [0.3, 0.4) is 0 Å². The van der Waals surface area contributed by atoms with E-state index in [1.54, 1.807) is 63.2 Å². The van der Waals surface area contributed by atoms with Crippen molar-refractivity contribution in [3.8, 4) is 0 Å². The summed E-state index contributed by atoms with van der Waals surface area (Å²) in [5.41, 5.74) is 5.40. The maximum Gasteiger partial charge on any atom is 0.410 e. The number of carbonyl (C=O) groups is 4. The molecule has 1 fully saturated rings. The molecule has 4 amide bonds. The quantitative estimate of drug-likeness (QED) is 0.435. The first kappa shape index (κ1) is 26.9. The predicted molar refractivity (Wildman–Crippen MR) is 139 cm³/mol. The molecule has 3 heterocycles. The fourth-order valence-corrected chi connectivity index (χ4v) is 4.18. The number of rotatable bonds is 7. The Morgan fingerprint density at radius 3 is 2.50 bits per heavy atom. The molecule has 0 bridgehead atoms. The molecule has 2 aromatic heterocycles. The molecule has 4 rings (SSSR count). The summed E-state index contributed by atoms with van der Waals surface area (Å²) in [6, 6.07) is 11.2. The summed E-state index contributed by atoms with van der Waals surface area (Å²) in [6.45, 7) is 5.12. The van der Waals surface area contributed by atoms with E-state index < -0.39 is 35.5 Å². The minimum Gasteiger partial charge on any atom is -0.444 e. The number of hydrogen-bond donors (Lipinski definition) is 2. The van der Waals surface area contributed by atoms with Gasteiger partial charge in [-0.05, 0) is 39.0 Å². The van der Waals surface area contributed by atoms with Crippen molar-refractivity contribution in [1.29, 1.82) is 0 Å². The van der Waals surface area contributed by atoms with Crippen LogP contribution in [-0.4, -0.2) is 79.7 Å². The zero-order valence-corrected chi connectivity index (χ0v) is 21.9. The van der Waals surface area contributed by atoms with E-state index in [1.165, 1.54) is 14.5 Å². The molecule has 1 saturated heterocycles. The monoisotopic (exact) mass is 541 g/mol. The Hall–Kier alpha value is -4.19. The van der Waals surface area contributed by atoms with Crippen molar-refractivity contribution >= 4 is 52.1 Å². The van der Waals surface area contributed by atoms with Crippen molar-refractivity contribution in [3.63, 3.8) is 0 Å². The number of halogens is 1. The summed E-state index contributed by atoms with van der Waals surface area (Å²) in [4.78, 5) is 57.6. The van der Waals surface area contributed by atoms with E-state index >= 15 is 0 Å². The first-order valence-corrected chi connectivity index (χ1v) is 12.2. The van der Waals surface area contributed by atoms with Crippen LogP contribution in [0.5, 0.6) is 0 Å². The Labute approximate surface area is 223 Å². The first-order valence-electron chi connectivity index (χ1n) is 11.9. The van der Waals surface area contributed by atoms with Crippen molar-refractivity contribution in [2.24, 2.45) is 5.73 Å². The highest BCUT2D eigenvalue weighted by molar-refractivity contribution is 6.29. The van der Waals surface area contributed by atoms with Gasteiger partial charge in [-0.15, -0.1) is 0 Å². The maximum atomic E-state index is 13.5. The van der Waals surface area contributed by atoms with Gasteiger partial charge in [0.25, 0.3) is 5.91 Å². The van der Waals surface area contributed by atoms with Gasteiger partial charge in [-0.3, -0.25) is 19.1 Å². The SMILES string of the molecule is CC(C)(C)OC(=O)N1CC(N(CC(=O)Nc2cccc(Cl)n2)C(=O)Cn2nc(C(N)=O)c3ccccc32)C1. The highest BCUT2D eigenvalue weighted by atomic mass is 35.5. The molecule has 0 aliphatic carbocycles. The smallest absolute Gasteiger partial charge is 0.410 e. The van der Waals surface area contributed by atoms with Gasteiger partial charge in [-0.25, -0.2) is 9.78 Å². The van der Waals surface area contributed by atoms with E-state index in [1.807, 2.05) is 0 Å². The van der Waals surface area contributed by atoms with E-state index in [9.17, 15) is 19.2 Å². The summed E-state index contributed by atoms with van der Waals surface area (Å²) >= 11 is 5.90. The summed E-state index contributed by atoms with van der Waals surface area (Å²) in [5, 5.41) is 7.60. The van der Waals surface area contributed by atoms with Crippen LogP contribution in [-0.2, 0) is 20.9 Å². The third-order valence-corrected chi connectivity index (χ3v) is 5.96. The van der Waals surface area contributed by atoms with Crippen LogP contribution < -0.4 is 11.1 Å². The Morgan fingerprint density at radius 2 is 1.84 bits per heavy atom. The zero-order chi connectivity index (χ0) is 27.6. The number of ether oxygens (including phenoxy) is 1. The number of pyridine rings is 1. The molecule has 0 atom stereocenters. The second-order valence-electron chi connectivity index (χ2n) is 9.84. The number of primary amides is 1. The number of nitrogens with two attached hydrogens (primary N) is 1. The summed E-state index contributed by atoms with van der Waals surface area (Å²) in [6.07, 6.45) is -0.502. The zero-order valence-electron chi connectivity index (χ0n) is 21.2.